The number of methoxy groups -OCH3 is 2. The van der Waals surface area contributed by atoms with Crippen LogP contribution in [0.3, 0.4) is 0 Å². The molecule has 1 aliphatic rings. The standard InChI is InChI=1S/C25H34N4O4/c1-17-7-6-8-23(18(17)2)27-24(30)16-28-9-11-29(12-10-28)19(3)25(31)26-20-13-21(32-4)15-22(14-20)33-5/h6-8,13-15,19H,9-12,16H2,1-5H3,(H,26,31)(H,27,30). The molecule has 178 valence electrons. The average molecular weight is 455 g/mol. The van der Waals surface area contributed by atoms with Crippen molar-refractivity contribution in [2.24, 2.45) is 0 Å². The summed E-state index contributed by atoms with van der Waals surface area (Å²) in [4.78, 5) is 29.6. The summed E-state index contributed by atoms with van der Waals surface area (Å²) in [5.74, 6) is 1.12. The summed E-state index contributed by atoms with van der Waals surface area (Å²) in [6, 6.07) is 10.9. The summed E-state index contributed by atoms with van der Waals surface area (Å²) in [5, 5.41) is 5.97. The number of carbonyl (C=O) groups excluding carboxylic acids is 2. The molecule has 2 amide bonds. The number of piperazine rings is 1. The lowest BCUT2D eigenvalue weighted by molar-refractivity contribution is -0.122. The number of carbonyl (C=O) groups is 2. The second-order valence-corrected chi connectivity index (χ2v) is 8.37. The fourth-order valence-electron chi connectivity index (χ4n) is 3.88. The summed E-state index contributed by atoms with van der Waals surface area (Å²) in [5.41, 5.74) is 3.73. The highest BCUT2D eigenvalue weighted by Gasteiger charge is 2.26. The molecule has 1 fully saturated rings. The second kappa shape index (κ2) is 11.2. The minimum Gasteiger partial charge on any atom is -0.497 e. The van der Waals surface area contributed by atoms with Crippen LogP contribution in [-0.2, 0) is 9.59 Å². The third kappa shape index (κ3) is 6.46. The number of amides is 2. The van der Waals surface area contributed by atoms with Crippen molar-refractivity contribution in [1.82, 2.24) is 9.80 Å². The van der Waals surface area contributed by atoms with E-state index in [0.29, 0.717) is 36.8 Å². The van der Waals surface area contributed by atoms with Crippen LogP contribution in [0.1, 0.15) is 18.1 Å². The van der Waals surface area contributed by atoms with Crippen LogP contribution in [0.2, 0.25) is 0 Å². The highest BCUT2D eigenvalue weighted by atomic mass is 16.5. The van der Waals surface area contributed by atoms with Gasteiger partial charge in [-0.3, -0.25) is 19.4 Å². The van der Waals surface area contributed by atoms with Gasteiger partial charge in [0, 0.05) is 55.8 Å². The molecule has 1 heterocycles. The maximum atomic E-state index is 12.8. The average Bonchev–Trinajstić information content (AvgIpc) is 2.81. The molecular weight excluding hydrogens is 420 g/mol. The molecule has 0 aliphatic carbocycles. The molecule has 0 spiro atoms. The van der Waals surface area contributed by atoms with Crippen LogP contribution in [0.4, 0.5) is 11.4 Å². The van der Waals surface area contributed by atoms with E-state index in [4.69, 9.17) is 9.47 Å². The SMILES string of the molecule is COc1cc(NC(=O)C(C)N2CCN(CC(=O)Nc3cccc(C)c3C)CC2)cc(OC)c1. The van der Waals surface area contributed by atoms with Crippen molar-refractivity contribution >= 4 is 23.2 Å². The fraction of sp³-hybridized carbons (Fsp3) is 0.440. The number of nitrogens with one attached hydrogen (secondary N) is 2. The van der Waals surface area contributed by atoms with Gasteiger partial charge >= 0.3 is 0 Å². The van der Waals surface area contributed by atoms with Gasteiger partial charge in [0.25, 0.3) is 0 Å². The zero-order chi connectivity index (χ0) is 24.0. The van der Waals surface area contributed by atoms with Crippen LogP contribution in [-0.4, -0.2) is 74.6 Å². The number of anilines is 2. The van der Waals surface area contributed by atoms with Crippen molar-refractivity contribution < 1.29 is 19.1 Å². The van der Waals surface area contributed by atoms with E-state index in [1.165, 1.54) is 0 Å². The topological polar surface area (TPSA) is 83.1 Å². The largest absolute Gasteiger partial charge is 0.497 e. The summed E-state index contributed by atoms with van der Waals surface area (Å²) in [6.07, 6.45) is 0. The highest BCUT2D eigenvalue weighted by molar-refractivity contribution is 5.95. The van der Waals surface area contributed by atoms with Gasteiger partial charge in [-0.25, -0.2) is 0 Å². The van der Waals surface area contributed by atoms with Gasteiger partial charge in [0.2, 0.25) is 11.8 Å². The van der Waals surface area contributed by atoms with Crippen LogP contribution in [0.15, 0.2) is 36.4 Å². The molecular formula is C25H34N4O4. The zero-order valence-corrected chi connectivity index (χ0v) is 20.1. The maximum Gasteiger partial charge on any atom is 0.241 e. The quantitative estimate of drug-likeness (QED) is 0.638. The highest BCUT2D eigenvalue weighted by Crippen LogP contribution is 2.26. The number of hydrogen-bond acceptors (Lipinski definition) is 6. The Morgan fingerprint density at radius 1 is 0.970 bits per heavy atom. The van der Waals surface area contributed by atoms with Crippen molar-refractivity contribution in [1.29, 1.82) is 0 Å². The van der Waals surface area contributed by atoms with Crippen LogP contribution in [0.25, 0.3) is 0 Å². The van der Waals surface area contributed by atoms with Gasteiger partial charge < -0.3 is 20.1 Å². The molecule has 0 radical (unpaired) electrons. The third-order valence-corrected chi connectivity index (χ3v) is 6.20. The summed E-state index contributed by atoms with van der Waals surface area (Å²) < 4.78 is 10.5. The zero-order valence-electron chi connectivity index (χ0n) is 20.1. The van der Waals surface area contributed by atoms with E-state index >= 15 is 0 Å². The second-order valence-electron chi connectivity index (χ2n) is 8.37. The lowest BCUT2D eigenvalue weighted by Gasteiger charge is -2.37. The summed E-state index contributed by atoms with van der Waals surface area (Å²) in [7, 11) is 3.15. The van der Waals surface area contributed by atoms with Crippen LogP contribution >= 0.6 is 0 Å². The Morgan fingerprint density at radius 2 is 1.61 bits per heavy atom. The lowest BCUT2D eigenvalue weighted by atomic mass is 10.1. The van der Waals surface area contributed by atoms with Crippen molar-refractivity contribution in [3.8, 4) is 11.5 Å². The lowest BCUT2D eigenvalue weighted by Crippen LogP contribution is -2.53. The van der Waals surface area contributed by atoms with Gasteiger partial charge in [0.1, 0.15) is 11.5 Å². The minimum atomic E-state index is -0.298. The number of rotatable bonds is 8. The Kier molecular flexibility index (Phi) is 8.30. The number of hydrogen-bond donors (Lipinski definition) is 2. The Bertz CT molecular complexity index is 964. The molecule has 2 aromatic rings. The van der Waals surface area contributed by atoms with Gasteiger partial charge in [-0.1, -0.05) is 12.1 Å². The first kappa shape index (κ1) is 24.5. The minimum absolute atomic E-state index is 0.0186. The molecule has 0 aromatic heterocycles. The van der Waals surface area contributed by atoms with Gasteiger partial charge in [0.15, 0.2) is 0 Å². The normalized spacial score (nSPS) is 15.5. The van der Waals surface area contributed by atoms with Gasteiger partial charge in [-0.2, -0.15) is 0 Å². The first-order valence-electron chi connectivity index (χ1n) is 11.2. The van der Waals surface area contributed by atoms with Crippen molar-refractivity contribution in [3.05, 3.63) is 47.5 Å². The van der Waals surface area contributed by atoms with E-state index in [-0.39, 0.29) is 17.9 Å². The van der Waals surface area contributed by atoms with Crippen molar-refractivity contribution in [2.75, 3.05) is 57.6 Å². The van der Waals surface area contributed by atoms with E-state index in [1.807, 2.05) is 39.0 Å². The molecule has 1 saturated heterocycles. The molecule has 33 heavy (non-hydrogen) atoms. The maximum absolute atomic E-state index is 12.8. The van der Waals surface area contributed by atoms with Crippen LogP contribution in [0, 0.1) is 13.8 Å². The van der Waals surface area contributed by atoms with E-state index in [9.17, 15) is 9.59 Å². The first-order chi connectivity index (χ1) is 15.8. The molecule has 8 nitrogen and oxygen atoms in total. The van der Waals surface area contributed by atoms with Gasteiger partial charge in [0.05, 0.1) is 26.8 Å². The Hall–Kier alpha value is -3.10. The third-order valence-electron chi connectivity index (χ3n) is 6.20. The molecule has 0 saturated carbocycles. The fourth-order valence-corrected chi connectivity index (χ4v) is 3.88. The molecule has 1 aliphatic heterocycles. The number of aryl methyl sites for hydroxylation is 1. The van der Waals surface area contributed by atoms with Gasteiger partial charge in [-0.05, 0) is 38.0 Å². The predicted octanol–water partition coefficient (Wildman–Crippen LogP) is 2.90. The van der Waals surface area contributed by atoms with Crippen LogP contribution < -0.4 is 20.1 Å². The molecule has 1 unspecified atom stereocenters. The number of ether oxygens (including phenoxy) is 2. The molecule has 2 N–H and O–H groups in total. The Morgan fingerprint density at radius 3 is 2.21 bits per heavy atom. The van der Waals surface area contributed by atoms with Crippen LogP contribution in [0.5, 0.6) is 11.5 Å². The van der Waals surface area contributed by atoms with Gasteiger partial charge in [-0.15, -0.1) is 0 Å². The molecule has 0 bridgehead atoms. The number of nitrogens with zero attached hydrogens (tertiary/aromatic N) is 2. The van der Waals surface area contributed by atoms with E-state index < -0.39 is 0 Å². The molecule has 2 aromatic carbocycles. The van der Waals surface area contributed by atoms with Crippen molar-refractivity contribution in [2.45, 2.75) is 26.8 Å². The Labute approximate surface area is 195 Å². The number of benzene rings is 2. The monoisotopic (exact) mass is 454 g/mol. The smallest absolute Gasteiger partial charge is 0.241 e. The summed E-state index contributed by atoms with van der Waals surface area (Å²) >= 11 is 0. The Balaban J connectivity index is 1.49. The van der Waals surface area contributed by atoms with E-state index in [2.05, 4.69) is 20.4 Å². The summed E-state index contributed by atoms with van der Waals surface area (Å²) in [6.45, 7) is 9.17. The molecule has 3 rings (SSSR count). The van der Waals surface area contributed by atoms with E-state index in [0.717, 1.165) is 29.9 Å². The van der Waals surface area contributed by atoms with Crippen molar-refractivity contribution in [3.63, 3.8) is 0 Å². The molecule has 1 atom stereocenters. The predicted molar refractivity (Wildman–Crippen MR) is 130 cm³/mol. The first-order valence-corrected chi connectivity index (χ1v) is 11.2. The van der Waals surface area contributed by atoms with E-state index in [1.54, 1.807) is 32.4 Å². The molecule has 8 heteroatoms.